The highest BCUT2D eigenvalue weighted by atomic mass is 16.7. The third-order valence-electron chi connectivity index (χ3n) is 4.74. The predicted octanol–water partition coefficient (Wildman–Crippen LogP) is 3.97. The van der Waals surface area contributed by atoms with Crippen molar-refractivity contribution in [2.75, 3.05) is 18.2 Å². The van der Waals surface area contributed by atoms with E-state index in [2.05, 4.69) is 11.0 Å². The maximum absolute atomic E-state index is 11.0. The molecule has 6 nitrogen and oxygen atoms in total. The smallest absolute Gasteiger partial charge is 0.272 e. The van der Waals surface area contributed by atoms with Crippen molar-refractivity contribution in [1.82, 2.24) is 0 Å². The van der Waals surface area contributed by atoms with Gasteiger partial charge in [-0.3, -0.25) is 10.1 Å². The van der Waals surface area contributed by atoms with Crippen molar-refractivity contribution < 1.29 is 14.4 Å². The van der Waals surface area contributed by atoms with E-state index in [0.29, 0.717) is 5.56 Å². The molecule has 2 aliphatic rings. The second kappa shape index (κ2) is 5.70. The van der Waals surface area contributed by atoms with Crippen LogP contribution in [0.15, 0.2) is 36.4 Å². The molecule has 124 valence electrons. The molecule has 1 fully saturated rings. The average molecular weight is 326 g/mol. The Morgan fingerprint density at radius 1 is 1.17 bits per heavy atom. The number of nitro benzene ring substituents is 1. The highest BCUT2D eigenvalue weighted by molar-refractivity contribution is 5.58. The molecule has 2 heterocycles. The van der Waals surface area contributed by atoms with Gasteiger partial charge in [0.25, 0.3) is 5.69 Å². The van der Waals surface area contributed by atoms with Gasteiger partial charge in [0.2, 0.25) is 6.79 Å². The average Bonchev–Trinajstić information content (AvgIpc) is 3.22. The number of rotatable bonds is 3. The topological polar surface area (TPSA) is 64.8 Å². The second-order valence-corrected chi connectivity index (χ2v) is 6.19. The van der Waals surface area contributed by atoms with Gasteiger partial charge in [-0.2, -0.15) is 0 Å². The Hall–Kier alpha value is -2.76. The monoisotopic (exact) mass is 326 g/mol. The molecule has 2 aromatic carbocycles. The van der Waals surface area contributed by atoms with E-state index in [1.807, 2.05) is 24.3 Å². The normalized spacial score (nSPS) is 18.9. The van der Waals surface area contributed by atoms with E-state index in [9.17, 15) is 10.1 Å². The van der Waals surface area contributed by atoms with Gasteiger partial charge in [0, 0.05) is 23.9 Å². The quantitative estimate of drug-likeness (QED) is 0.630. The number of benzene rings is 2. The summed E-state index contributed by atoms with van der Waals surface area (Å²) in [6.45, 7) is 3.00. The third-order valence-corrected chi connectivity index (χ3v) is 4.74. The van der Waals surface area contributed by atoms with Crippen molar-refractivity contribution in [3.63, 3.8) is 0 Å². The summed E-state index contributed by atoms with van der Waals surface area (Å²) in [6, 6.07) is 11.7. The summed E-state index contributed by atoms with van der Waals surface area (Å²) in [4.78, 5) is 13.0. The van der Waals surface area contributed by atoms with Crippen LogP contribution in [0.4, 0.5) is 11.4 Å². The number of ether oxygens (including phenoxy) is 2. The minimum atomic E-state index is -0.335. The van der Waals surface area contributed by atoms with Gasteiger partial charge in [0.05, 0.1) is 11.0 Å². The van der Waals surface area contributed by atoms with Crippen LogP contribution in [0.5, 0.6) is 11.5 Å². The van der Waals surface area contributed by atoms with Crippen LogP contribution >= 0.6 is 0 Å². The fraction of sp³-hybridized carbons (Fsp3) is 0.333. The predicted molar refractivity (Wildman–Crippen MR) is 89.7 cm³/mol. The van der Waals surface area contributed by atoms with Crippen molar-refractivity contribution in [2.24, 2.45) is 0 Å². The van der Waals surface area contributed by atoms with Gasteiger partial charge in [-0.1, -0.05) is 6.07 Å². The van der Waals surface area contributed by atoms with E-state index in [-0.39, 0.29) is 23.4 Å². The van der Waals surface area contributed by atoms with E-state index in [1.54, 1.807) is 13.0 Å². The molecule has 24 heavy (non-hydrogen) atoms. The summed E-state index contributed by atoms with van der Waals surface area (Å²) < 4.78 is 10.9. The number of nitrogens with zero attached hydrogens (tertiary/aromatic N) is 2. The zero-order valence-electron chi connectivity index (χ0n) is 13.4. The van der Waals surface area contributed by atoms with Crippen LogP contribution in [0.2, 0.25) is 0 Å². The number of hydrogen-bond donors (Lipinski definition) is 0. The van der Waals surface area contributed by atoms with Crippen molar-refractivity contribution in [3.05, 3.63) is 57.6 Å². The fourth-order valence-electron chi connectivity index (χ4n) is 3.57. The summed E-state index contributed by atoms with van der Waals surface area (Å²) in [6.07, 6.45) is 2.14. The first-order chi connectivity index (χ1) is 11.6. The molecule has 0 spiro atoms. The Balaban J connectivity index is 1.65. The van der Waals surface area contributed by atoms with E-state index < -0.39 is 0 Å². The first kappa shape index (κ1) is 14.8. The summed E-state index contributed by atoms with van der Waals surface area (Å²) in [5, 5.41) is 11.0. The lowest BCUT2D eigenvalue weighted by molar-refractivity contribution is -0.385. The highest BCUT2D eigenvalue weighted by Gasteiger charge is 2.28. The molecule has 0 aromatic heterocycles. The van der Waals surface area contributed by atoms with Gasteiger partial charge >= 0.3 is 0 Å². The molecule has 1 atom stereocenters. The molecule has 0 N–H and O–H groups in total. The molecule has 0 saturated carbocycles. The minimum absolute atomic E-state index is 0.164. The SMILES string of the molecule is Cc1cc(N2CCC[C@@H]2c2ccc3c(c2)OCO3)ccc1[N+](=O)[O-]. The van der Waals surface area contributed by atoms with Crippen LogP contribution in [0.1, 0.15) is 30.0 Å². The number of hydrogen-bond acceptors (Lipinski definition) is 5. The van der Waals surface area contributed by atoms with Crippen LogP contribution in [0, 0.1) is 17.0 Å². The van der Waals surface area contributed by atoms with Crippen molar-refractivity contribution in [1.29, 1.82) is 0 Å². The summed E-state index contributed by atoms with van der Waals surface area (Å²) in [7, 11) is 0. The largest absolute Gasteiger partial charge is 0.454 e. The first-order valence-corrected chi connectivity index (χ1v) is 8.05. The number of aryl methyl sites for hydroxylation is 1. The van der Waals surface area contributed by atoms with E-state index in [1.165, 1.54) is 5.56 Å². The number of fused-ring (bicyclic) bond motifs is 1. The third kappa shape index (κ3) is 2.44. The van der Waals surface area contributed by atoms with E-state index in [0.717, 1.165) is 36.6 Å². The molecule has 4 rings (SSSR count). The molecule has 6 heteroatoms. The van der Waals surface area contributed by atoms with E-state index in [4.69, 9.17) is 9.47 Å². The van der Waals surface area contributed by atoms with Gasteiger partial charge in [-0.15, -0.1) is 0 Å². The zero-order valence-corrected chi connectivity index (χ0v) is 13.4. The Morgan fingerprint density at radius 3 is 2.79 bits per heavy atom. The molecule has 0 amide bonds. The Kier molecular flexibility index (Phi) is 3.52. The first-order valence-electron chi connectivity index (χ1n) is 8.05. The summed E-state index contributed by atoms with van der Waals surface area (Å²) in [5.74, 6) is 1.58. The number of nitro groups is 1. The molecular formula is C18H18N2O4. The van der Waals surface area contributed by atoms with Crippen molar-refractivity contribution in [3.8, 4) is 11.5 Å². The lowest BCUT2D eigenvalue weighted by Crippen LogP contribution is -2.22. The lowest BCUT2D eigenvalue weighted by Gasteiger charge is -2.27. The van der Waals surface area contributed by atoms with Gasteiger partial charge in [-0.05, 0) is 49.6 Å². The fourth-order valence-corrected chi connectivity index (χ4v) is 3.57. The van der Waals surface area contributed by atoms with Crippen LogP contribution < -0.4 is 14.4 Å². The maximum atomic E-state index is 11.0. The maximum Gasteiger partial charge on any atom is 0.272 e. The molecule has 0 unspecified atom stereocenters. The lowest BCUT2D eigenvalue weighted by atomic mass is 10.0. The Bertz CT molecular complexity index is 806. The van der Waals surface area contributed by atoms with Crippen molar-refractivity contribution in [2.45, 2.75) is 25.8 Å². The molecule has 2 aliphatic heterocycles. The highest BCUT2D eigenvalue weighted by Crippen LogP contribution is 2.41. The molecule has 0 bridgehead atoms. The molecule has 2 aromatic rings. The summed E-state index contributed by atoms with van der Waals surface area (Å²) in [5.41, 5.74) is 3.07. The van der Waals surface area contributed by atoms with Crippen LogP contribution in [0.25, 0.3) is 0 Å². The van der Waals surface area contributed by atoms with Gasteiger partial charge in [0.1, 0.15) is 0 Å². The van der Waals surface area contributed by atoms with Gasteiger partial charge in [-0.25, -0.2) is 0 Å². The Morgan fingerprint density at radius 2 is 2.00 bits per heavy atom. The molecular weight excluding hydrogens is 308 g/mol. The van der Waals surface area contributed by atoms with Crippen LogP contribution in [-0.2, 0) is 0 Å². The minimum Gasteiger partial charge on any atom is -0.454 e. The molecule has 1 saturated heterocycles. The van der Waals surface area contributed by atoms with Crippen LogP contribution in [-0.4, -0.2) is 18.3 Å². The number of anilines is 1. The zero-order chi connectivity index (χ0) is 16.7. The summed E-state index contributed by atoms with van der Waals surface area (Å²) >= 11 is 0. The molecule has 0 radical (unpaired) electrons. The van der Waals surface area contributed by atoms with Crippen molar-refractivity contribution >= 4 is 11.4 Å². The van der Waals surface area contributed by atoms with Gasteiger partial charge < -0.3 is 14.4 Å². The second-order valence-electron chi connectivity index (χ2n) is 6.19. The van der Waals surface area contributed by atoms with Gasteiger partial charge in [0.15, 0.2) is 11.5 Å². The Labute approximate surface area is 139 Å². The van der Waals surface area contributed by atoms with E-state index >= 15 is 0 Å². The standard InChI is InChI=1S/C18H18N2O4/c1-12-9-14(5-6-15(12)20(21)22)19-8-2-3-16(19)13-4-7-17-18(10-13)24-11-23-17/h4-7,9-10,16H,2-3,8,11H2,1H3/t16-/m1/s1. The van der Waals surface area contributed by atoms with Crippen LogP contribution in [0.3, 0.4) is 0 Å². The molecule has 0 aliphatic carbocycles.